The van der Waals surface area contributed by atoms with Crippen LogP contribution in [-0.2, 0) is 12.8 Å². The van der Waals surface area contributed by atoms with Crippen LogP contribution >= 0.6 is 0 Å². The minimum absolute atomic E-state index is 0.322. The van der Waals surface area contributed by atoms with E-state index in [0.29, 0.717) is 23.2 Å². The van der Waals surface area contributed by atoms with Crippen molar-refractivity contribution in [1.82, 2.24) is 0 Å². The van der Waals surface area contributed by atoms with Crippen LogP contribution < -0.4 is 0 Å². The van der Waals surface area contributed by atoms with Crippen molar-refractivity contribution < 1.29 is 15.3 Å². The lowest BCUT2D eigenvalue weighted by Gasteiger charge is -2.06. The predicted octanol–water partition coefficient (Wildman–Crippen LogP) is 15.2. The molecule has 0 atom stereocenters. The van der Waals surface area contributed by atoms with Gasteiger partial charge in [0.25, 0.3) is 0 Å². The Hall–Kier alpha value is -6.06. The standard InChI is InChI=1S/C16H18.C15H16.3C6H6O.2C2H6/c1-3-13-5-9-15(10-6-13)16-11-7-14(4-2)8-12-16;1-12(2)13-8-10-15(11-9-13)14-6-4-3-5-7-14;3*7-6-4-2-1-3-5-6;2*1-2/h5-12H,3-4H2,1-2H3;3-12H,1-2H3;3*1-5,7H;2*1-2H3. The molecule has 0 amide bonds. The monoisotopic (exact) mass is 748 g/mol. The minimum atomic E-state index is 0.322. The minimum Gasteiger partial charge on any atom is -0.508 e. The van der Waals surface area contributed by atoms with E-state index >= 15 is 0 Å². The largest absolute Gasteiger partial charge is 0.508 e. The zero-order chi connectivity index (χ0) is 41.4. The molecule has 0 saturated carbocycles. The summed E-state index contributed by atoms with van der Waals surface area (Å²) in [5, 5.41) is 25.9. The normalized spacial score (nSPS) is 9.23. The molecular weight excluding hydrogens is 685 g/mol. The molecule has 7 rings (SSSR count). The number of aryl methyl sites for hydroxylation is 2. The quantitative estimate of drug-likeness (QED) is 0.164. The fourth-order valence-electron chi connectivity index (χ4n) is 4.84. The van der Waals surface area contributed by atoms with E-state index in [2.05, 4.69) is 125 Å². The van der Waals surface area contributed by atoms with Gasteiger partial charge in [0.05, 0.1) is 0 Å². The van der Waals surface area contributed by atoms with Gasteiger partial charge >= 0.3 is 0 Å². The van der Waals surface area contributed by atoms with Gasteiger partial charge in [-0.05, 0) is 94.1 Å². The Morgan fingerprint density at radius 1 is 0.321 bits per heavy atom. The molecule has 0 radical (unpaired) electrons. The first-order valence-corrected chi connectivity index (χ1v) is 19.8. The molecule has 0 saturated heterocycles. The third-order valence-corrected chi connectivity index (χ3v) is 8.01. The van der Waals surface area contributed by atoms with Crippen LogP contribution in [0.5, 0.6) is 17.2 Å². The van der Waals surface area contributed by atoms with Gasteiger partial charge in [0.2, 0.25) is 0 Å². The summed E-state index contributed by atoms with van der Waals surface area (Å²) in [6.45, 7) is 16.8. The van der Waals surface area contributed by atoms with Crippen LogP contribution in [0.2, 0.25) is 0 Å². The molecule has 3 heteroatoms. The van der Waals surface area contributed by atoms with Crippen molar-refractivity contribution in [3.05, 3.63) is 211 Å². The molecule has 294 valence electrons. The van der Waals surface area contributed by atoms with Gasteiger partial charge in [-0.3, -0.25) is 0 Å². The van der Waals surface area contributed by atoms with Gasteiger partial charge < -0.3 is 15.3 Å². The number of aromatic hydroxyl groups is 3. The van der Waals surface area contributed by atoms with E-state index in [4.69, 9.17) is 15.3 Å². The lowest BCUT2D eigenvalue weighted by molar-refractivity contribution is 0.475. The summed E-state index contributed by atoms with van der Waals surface area (Å²) in [4.78, 5) is 0. The van der Waals surface area contributed by atoms with E-state index in [1.807, 2.05) is 52.0 Å². The maximum absolute atomic E-state index is 8.63. The van der Waals surface area contributed by atoms with E-state index < -0.39 is 0 Å². The molecule has 7 aromatic carbocycles. The highest BCUT2D eigenvalue weighted by Gasteiger charge is 2.00. The second-order valence-electron chi connectivity index (χ2n) is 12.3. The highest BCUT2D eigenvalue weighted by Crippen LogP contribution is 2.23. The lowest BCUT2D eigenvalue weighted by Crippen LogP contribution is -1.86. The molecule has 56 heavy (non-hydrogen) atoms. The van der Waals surface area contributed by atoms with Crippen LogP contribution in [0, 0.1) is 0 Å². The highest BCUT2D eigenvalue weighted by atomic mass is 16.3. The number of phenolic OH excluding ortho intramolecular Hbond substituents is 3. The Kier molecular flexibility index (Phi) is 25.9. The van der Waals surface area contributed by atoms with Crippen LogP contribution in [0.1, 0.15) is 78.0 Å². The zero-order valence-corrected chi connectivity index (χ0v) is 34.8. The first-order valence-electron chi connectivity index (χ1n) is 19.8. The molecule has 0 aromatic heterocycles. The average molecular weight is 749 g/mol. The van der Waals surface area contributed by atoms with E-state index in [9.17, 15) is 0 Å². The number of hydrogen-bond donors (Lipinski definition) is 3. The first kappa shape index (κ1) is 48.0. The molecule has 0 aliphatic rings. The van der Waals surface area contributed by atoms with Crippen molar-refractivity contribution in [2.75, 3.05) is 0 Å². The maximum atomic E-state index is 8.63. The van der Waals surface area contributed by atoms with Gasteiger partial charge in [-0.25, -0.2) is 0 Å². The molecule has 0 unspecified atom stereocenters. The third-order valence-electron chi connectivity index (χ3n) is 8.01. The molecule has 0 fully saturated rings. The number of para-hydroxylation sites is 3. The van der Waals surface area contributed by atoms with Crippen LogP contribution in [0.4, 0.5) is 0 Å². The maximum Gasteiger partial charge on any atom is 0.115 e. The second kappa shape index (κ2) is 30.3. The van der Waals surface area contributed by atoms with Gasteiger partial charge in [-0.1, -0.05) is 213 Å². The van der Waals surface area contributed by atoms with Gasteiger partial charge in [-0.15, -0.1) is 0 Å². The summed E-state index contributed by atoms with van der Waals surface area (Å²) < 4.78 is 0. The molecule has 3 N–H and O–H groups in total. The summed E-state index contributed by atoms with van der Waals surface area (Å²) in [7, 11) is 0. The van der Waals surface area contributed by atoms with Gasteiger partial charge in [-0.2, -0.15) is 0 Å². The smallest absolute Gasteiger partial charge is 0.115 e. The number of phenols is 3. The summed E-state index contributed by atoms with van der Waals surface area (Å²) in [5.41, 5.74) is 9.38. The molecule has 0 aliphatic heterocycles. The molecule has 7 aromatic rings. The molecule has 0 heterocycles. The summed E-state index contributed by atoms with van der Waals surface area (Å²) in [6.07, 6.45) is 2.21. The molecule has 0 aliphatic carbocycles. The van der Waals surface area contributed by atoms with Gasteiger partial charge in [0, 0.05) is 0 Å². The van der Waals surface area contributed by atoms with E-state index in [0.717, 1.165) is 12.8 Å². The fourth-order valence-corrected chi connectivity index (χ4v) is 4.84. The SMILES string of the molecule is CC.CC.CC(C)c1ccc(-c2ccccc2)cc1.CCc1ccc(-c2ccc(CC)cc2)cc1.Oc1ccccc1.Oc1ccccc1.Oc1ccccc1. The Balaban J connectivity index is 0.000000359. The number of hydrogen-bond acceptors (Lipinski definition) is 3. The first-order chi connectivity index (χ1) is 27.3. The fraction of sp³-hybridized carbons (Fsp3) is 0.208. The van der Waals surface area contributed by atoms with Crippen molar-refractivity contribution in [3.63, 3.8) is 0 Å². The highest BCUT2D eigenvalue weighted by molar-refractivity contribution is 5.64. The topological polar surface area (TPSA) is 60.7 Å². The molecule has 0 bridgehead atoms. The van der Waals surface area contributed by atoms with Crippen molar-refractivity contribution in [3.8, 4) is 39.5 Å². The van der Waals surface area contributed by atoms with Crippen LogP contribution in [0.15, 0.2) is 194 Å². The van der Waals surface area contributed by atoms with Crippen molar-refractivity contribution in [1.29, 1.82) is 0 Å². The Labute approximate surface area is 338 Å². The van der Waals surface area contributed by atoms with Gasteiger partial charge in [0.15, 0.2) is 0 Å². The second-order valence-corrected chi connectivity index (χ2v) is 12.3. The van der Waals surface area contributed by atoms with Crippen LogP contribution in [-0.4, -0.2) is 15.3 Å². The van der Waals surface area contributed by atoms with E-state index in [1.54, 1.807) is 72.8 Å². The predicted molar refractivity (Wildman–Crippen MR) is 244 cm³/mol. The molecular formula is C53H64O3. The van der Waals surface area contributed by atoms with E-state index in [1.165, 1.54) is 38.9 Å². The zero-order valence-electron chi connectivity index (χ0n) is 34.8. The van der Waals surface area contributed by atoms with Gasteiger partial charge in [0.1, 0.15) is 17.2 Å². The van der Waals surface area contributed by atoms with E-state index in [-0.39, 0.29) is 0 Å². The Bertz CT molecular complexity index is 1750. The van der Waals surface area contributed by atoms with Crippen molar-refractivity contribution in [2.45, 2.75) is 74.1 Å². The number of benzene rings is 7. The average Bonchev–Trinajstić information content (AvgIpc) is 3.27. The summed E-state index contributed by atoms with van der Waals surface area (Å²) in [6, 6.07) is 63.1. The Morgan fingerprint density at radius 2 is 0.554 bits per heavy atom. The van der Waals surface area contributed by atoms with Crippen LogP contribution in [0.25, 0.3) is 22.3 Å². The molecule has 0 spiro atoms. The summed E-state index contributed by atoms with van der Waals surface area (Å²) in [5.74, 6) is 1.57. The Morgan fingerprint density at radius 3 is 0.768 bits per heavy atom. The van der Waals surface area contributed by atoms with Crippen molar-refractivity contribution in [2.24, 2.45) is 0 Å². The lowest BCUT2D eigenvalue weighted by atomic mass is 9.99. The molecule has 3 nitrogen and oxygen atoms in total. The van der Waals surface area contributed by atoms with Crippen LogP contribution in [0.3, 0.4) is 0 Å². The van der Waals surface area contributed by atoms with Crippen molar-refractivity contribution >= 4 is 0 Å². The third kappa shape index (κ3) is 20.4. The summed E-state index contributed by atoms with van der Waals surface area (Å²) >= 11 is 0. The number of rotatable bonds is 5.